The van der Waals surface area contributed by atoms with Gasteiger partial charge in [-0.3, -0.25) is 4.79 Å². The van der Waals surface area contributed by atoms with Gasteiger partial charge < -0.3 is 9.88 Å². The number of nitrogens with zero attached hydrogens (tertiary/aromatic N) is 2. The fourth-order valence-corrected chi connectivity index (χ4v) is 1.25. The number of rotatable bonds is 2. The summed E-state index contributed by atoms with van der Waals surface area (Å²) in [5.41, 5.74) is 0.546. The van der Waals surface area contributed by atoms with Crippen molar-refractivity contribution in [1.82, 2.24) is 9.88 Å². The average Bonchev–Trinajstić information content (AvgIpc) is 2.51. The molecule has 0 spiro atoms. The van der Waals surface area contributed by atoms with Crippen LogP contribution in [0.2, 0.25) is 0 Å². The highest BCUT2D eigenvalue weighted by Crippen LogP contribution is 2.11. The highest BCUT2D eigenvalue weighted by molar-refractivity contribution is 9.10. The summed E-state index contributed by atoms with van der Waals surface area (Å²) < 4.78 is 0.751. The first-order chi connectivity index (χ1) is 6.15. The van der Waals surface area contributed by atoms with Gasteiger partial charge in [-0.05, 0) is 22.0 Å². The van der Waals surface area contributed by atoms with Crippen molar-refractivity contribution in [3.63, 3.8) is 0 Å². The van der Waals surface area contributed by atoms with Crippen molar-refractivity contribution in [1.29, 1.82) is 5.26 Å². The first-order valence-corrected chi connectivity index (χ1v) is 4.41. The summed E-state index contributed by atoms with van der Waals surface area (Å²) in [7, 11) is 1.59. The lowest BCUT2D eigenvalue weighted by Gasteiger charge is -2.10. The minimum absolute atomic E-state index is 0.0988. The molecule has 0 aliphatic heterocycles. The van der Waals surface area contributed by atoms with E-state index in [9.17, 15) is 4.79 Å². The zero-order valence-electron chi connectivity index (χ0n) is 7.04. The monoisotopic (exact) mass is 241 g/mol. The number of aromatic amines is 1. The van der Waals surface area contributed by atoms with E-state index in [0.29, 0.717) is 5.56 Å². The number of carbonyl (C=O) groups is 1. The normalized spacial score (nSPS) is 9.31. The molecule has 0 bridgehead atoms. The van der Waals surface area contributed by atoms with Crippen molar-refractivity contribution in [2.24, 2.45) is 0 Å². The number of hydrogen-bond donors (Lipinski definition) is 1. The Morgan fingerprint density at radius 3 is 3.00 bits per heavy atom. The Bertz CT molecular complexity index is 353. The third-order valence-electron chi connectivity index (χ3n) is 1.55. The number of H-pyrrole nitrogens is 1. The molecular formula is C8H8BrN3O. The van der Waals surface area contributed by atoms with Crippen LogP contribution >= 0.6 is 15.9 Å². The van der Waals surface area contributed by atoms with Crippen molar-refractivity contribution in [3.05, 3.63) is 22.4 Å². The lowest BCUT2D eigenvalue weighted by molar-refractivity contribution is 0.0812. The largest absolute Gasteiger partial charge is 0.355 e. The standard InChI is InChI=1S/C8H8BrN3O/c1-12(3-2-10)8(13)6-4-7(9)11-5-6/h4-5,11H,3H2,1H3. The Kier molecular flexibility index (Phi) is 3.09. The summed E-state index contributed by atoms with van der Waals surface area (Å²) in [6, 6.07) is 3.58. The van der Waals surface area contributed by atoms with E-state index in [4.69, 9.17) is 5.26 Å². The molecular weight excluding hydrogens is 234 g/mol. The smallest absolute Gasteiger partial charge is 0.256 e. The van der Waals surface area contributed by atoms with Gasteiger partial charge in [0.1, 0.15) is 6.54 Å². The minimum Gasteiger partial charge on any atom is -0.355 e. The van der Waals surface area contributed by atoms with Crippen molar-refractivity contribution in [3.8, 4) is 6.07 Å². The van der Waals surface area contributed by atoms with Gasteiger partial charge >= 0.3 is 0 Å². The van der Waals surface area contributed by atoms with Gasteiger partial charge in [0.15, 0.2) is 0 Å². The van der Waals surface area contributed by atoms with Crippen molar-refractivity contribution in [2.75, 3.05) is 13.6 Å². The molecule has 0 radical (unpaired) electrons. The van der Waals surface area contributed by atoms with Gasteiger partial charge in [0.05, 0.1) is 16.2 Å². The SMILES string of the molecule is CN(CC#N)C(=O)c1c[nH]c(Br)c1. The number of aromatic nitrogens is 1. The molecule has 68 valence electrons. The number of nitrogens with one attached hydrogen (secondary N) is 1. The Balaban J connectivity index is 2.74. The van der Waals surface area contributed by atoms with Gasteiger partial charge in [-0.2, -0.15) is 5.26 Å². The Hall–Kier alpha value is -1.28. The summed E-state index contributed by atoms with van der Waals surface area (Å²) in [4.78, 5) is 15.7. The van der Waals surface area contributed by atoms with Gasteiger partial charge in [-0.25, -0.2) is 0 Å². The van der Waals surface area contributed by atoms with Gasteiger partial charge in [0.2, 0.25) is 0 Å². The molecule has 0 unspecified atom stereocenters. The van der Waals surface area contributed by atoms with Crippen LogP contribution in [0.25, 0.3) is 0 Å². The molecule has 0 saturated carbocycles. The number of nitriles is 1. The van der Waals surface area contributed by atoms with E-state index in [-0.39, 0.29) is 12.5 Å². The van der Waals surface area contributed by atoms with Gasteiger partial charge in [-0.15, -0.1) is 0 Å². The fourth-order valence-electron chi connectivity index (χ4n) is 0.888. The lowest BCUT2D eigenvalue weighted by Crippen LogP contribution is -2.26. The summed E-state index contributed by atoms with van der Waals surface area (Å²) in [5, 5.41) is 8.38. The molecule has 1 aromatic heterocycles. The van der Waals surface area contributed by atoms with Crippen molar-refractivity contribution in [2.45, 2.75) is 0 Å². The quantitative estimate of drug-likeness (QED) is 0.796. The Morgan fingerprint density at radius 2 is 2.54 bits per heavy atom. The first kappa shape index (κ1) is 9.81. The lowest BCUT2D eigenvalue weighted by atomic mass is 10.3. The molecule has 0 saturated heterocycles. The molecule has 0 atom stereocenters. The fraction of sp³-hybridized carbons (Fsp3) is 0.250. The zero-order valence-corrected chi connectivity index (χ0v) is 8.63. The van der Waals surface area contributed by atoms with E-state index in [2.05, 4.69) is 20.9 Å². The summed E-state index contributed by atoms with van der Waals surface area (Å²) in [5.74, 6) is -0.163. The third kappa shape index (κ3) is 2.33. The molecule has 1 amide bonds. The van der Waals surface area contributed by atoms with Crippen molar-refractivity contribution >= 4 is 21.8 Å². The summed E-state index contributed by atoms with van der Waals surface area (Å²) in [6.45, 7) is 0.0988. The summed E-state index contributed by atoms with van der Waals surface area (Å²) in [6.07, 6.45) is 1.60. The van der Waals surface area contributed by atoms with Gasteiger partial charge in [0, 0.05) is 13.2 Å². The van der Waals surface area contributed by atoms with Crippen LogP contribution in [-0.4, -0.2) is 29.4 Å². The summed E-state index contributed by atoms with van der Waals surface area (Å²) >= 11 is 3.20. The molecule has 0 aliphatic carbocycles. The van der Waals surface area contributed by atoms with Gasteiger partial charge in [0.25, 0.3) is 5.91 Å². The van der Waals surface area contributed by atoms with E-state index in [1.807, 2.05) is 6.07 Å². The molecule has 1 heterocycles. The van der Waals surface area contributed by atoms with Crippen LogP contribution in [0.1, 0.15) is 10.4 Å². The Labute approximate surface area is 84.3 Å². The van der Waals surface area contributed by atoms with Crippen LogP contribution < -0.4 is 0 Å². The van der Waals surface area contributed by atoms with Crippen LogP contribution in [0.15, 0.2) is 16.9 Å². The maximum atomic E-state index is 11.5. The maximum absolute atomic E-state index is 11.5. The van der Waals surface area contributed by atoms with Crippen LogP contribution in [0.4, 0.5) is 0 Å². The number of carbonyl (C=O) groups excluding carboxylic acids is 1. The van der Waals surface area contributed by atoms with E-state index in [1.54, 1.807) is 19.3 Å². The van der Waals surface area contributed by atoms with Gasteiger partial charge in [-0.1, -0.05) is 0 Å². The molecule has 4 nitrogen and oxygen atoms in total. The second-order valence-electron chi connectivity index (χ2n) is 2.56. The molecule has 13 heavy (non-hydrogen) atoms. The topological polar surface area (TPSA) is 59.9 Å². The van der Waals surface area contributed by atoms with E-state index >= 15 is 0 Å². The van der Waals surface area contributed by atoms with E-state index < -0.39 is 0 Å². The highest BCUT2D eigenvalue weighted by atomic mass is 79.9. The molecule has 1 aromatic rings. The zero-order chi connectivity index (χ0) is 9.84. The van der Waals surface area contributed by atoms with Crippen LogP contribution in [0.5, 0.6) is 0 Å². The number of halogens is 1. The molecule has 1 rings (SSSR count). The maximum Gasteiger partial charge on any atom is 0.256 e. The second-order valence-corrected chi connectivity index (χ2v) is 3.41. The van der Waals surface area contributed by atoms with Crippen LogP contribution in [0.3, 0.4) is 0 Å². The molecule has 0 aliphatic rings. The molecule has 0 fully saturated rings. The van der Waals surface area contributed by atoms with Crippen LogP contribution in [0, 0.1) is 11.3 Å². The van der Waals surface area contributed by atoms with E-state index in [0.717, 1.165) is 4.60 Å². The average molecular weight is 242 g/mol. The predicted octanol–water partition coefficient (Wildman–Crippen LogP) is 1.37. The minimum atomic E-state index is -0.163. The van der Waals surface area contributed by atoms with E-state index in [1.165, 1.54) is 4.90 Å². The number of amides is 1. The first-order valence-electron chi connectivity index (χ1n) is 3.61. The predicted molar refractivity (Wildman–Crippen MR) is 51.1 cm³/mol. The van der Waals surface area contributed by atoms with Crippen molar-refractivity contribution < 1.29 is 4.79 Å². The molecule has 0 aromatic carbocycles. The molecule has 5 heteroatoms. The second kappa shape index (κ2) is 4.10. The number of hydrogen-bond acceptors (Lipinski definition) is 2. The third-order valence-corrected chi connectivity index (χ3v) is 2.01. The highest BCUT2D eigenvalue weighted by Gasteiger charge is 2.11. The van der Waals surface area contributed by atoms with Crippen LogP contribution in [-0.2, 0) is 0 Å². The Morgan fingerprint density at radius 1 is 1.85 bits per heavy atom. The molecule has 1 N–H and O–H groups in total.